The van der Waals surface area contributed by atoms with Gasteiger partial charge in [0.15, 0.2) is 0 Å². The second kappa shape index (κ2) is 9.19. The van der Waals surface area contributed by atoms with Gasteiger partial charge in [-0.1, -0.05) is 12.1 Å². The molecule has 1 aromatic rings. The Morgan fingerprint density at radius 3 is 2.36 bits per heavy atom. The molecule has 0 unspecified atom stereocenters. The summed E-state index contributed by atoms with van der Waals surface area (Å²) in [7, 11) is 0. The molecule has 28 heavy (non-hydrogen) atoms. The second-order valence-corrected chi connectivity index (χ2v) is 7.63. The van der Waals surface area contributed by atoms with Crippen LogP contribution in [0.5, 0.6) is 0 Å². The van der Waals surface area contributed by atoms with E-state index < -0.39 is 5.92 Å². The van der Waals surface area contributed by atoms with Crippen molar-refractivity contribution in [3.05, 3.63) is 35.6 Å². The van der Waals surface area contributed by atoms with Crippen molar-refractivity contribution in [1.29, 1.82) is 0 Å². The SMILES string of the molecule is CC(=O)N1CC[NH+](CCN=CC2C(=O)CC(c3ccc(F)cc3)CC2=O)CC1. The Kier molecular flexibility index (Phi) is 6.67. The third-order valence-corrected chi connectivity index (χ3v) is 5.70. The molecule has 1 amide bonds. The molecule has 1 aliphatic heterocycles. The van der Waals surface area contributed by atoms with Crippen molar-refractivity contribution in [3.8, 4) is 0 Å². The van der Waals surface area contributed by atoms with E-state index in [-0.39, 0.29) is 42.1 Å². The van der Waals surface area contributed by atoms with Gasteiger partial charge in [0, 0.05) is 26.0 Å². The third kappa shape index (κ3) is 5.10. The monoisotopic (exact) mass is 388 g/mol. The number of halogens is 1. The molecule has 1 saturated carbocycles. The number of Topliss-reactive ketones (excluding diaryl/α,β-unsaturated/α-hetero) is 2. The molecule has 1 N–H and O–H groups in total. The van der Waals surface area contributed by atoms with Crippen molar-refractivity contribution in [2.24, 2.45) is 10.9 Å². The normalized spacial score (nSPS) is 24.1. The molecule has 2 fully saturated rings. The highest BCUT2D eigenvalue weighted by atomic mass is 19.1. The molecule has 1 aromatic carbocycles. The van der Waals surface area contributed by atoms with Crippen LogP contribution in [0.25, 0.3) is 0 Å². The Morgan fingerprint density at radius 1 is 1.18 bits per heavy atom. The average molecular weight is 388 g/mol. The van der Waals surface area contributed by atoms with Crippen LogP contribution in [0, 0.1) is 11.7 Å². The number of nitrogens with one attached hydrogen (secondary N) is 1. The van der Waals surface area contributed by atoms with Crippen molar-refractivity contribution >= 4 is 23.7 Å². The average Bonchev–Trinajstić information content (AvgIpc) is 2.67. The van der Waals surface area contributed by atoms with Gasteiger partial charge in [-0.3, -0.25) is 19.4 Å². The summed E-state index contributed by atoms with van der Waals surface area (Å²) in [6, 6.07) is 6.00. The van der Waals surface area contributed by atoms with Gasteiger partial charge < -0.3 is 9.80 Å². The van der Waals surface area contributed by atoms with Crippen molar-refractivity contribution in [2.45, 2.75) is 25.7 Å². The van der Waals surface area contributed by atoms with Crippen LogP contribution in [0.3, 0.4) is 0 Å². The summed E-state index contributed by atoms with van der Waals surface area (Å²) in [5.74, 6) is -1.36. The first kappa shape index (κ1) is 20.3. The van der Waals surface area contributed by atoms with Crippen LogP contribution in [-0.2, 0) is 14.4 Å². The van der Waals surface area contributed by atoms with E-state index in [1.807, 2.05) is 4.90 Å². The van der Waals surface area contributed by atoms with Crippen LogP contribution < -0.4 is 4.90 Å². The zero-order chi connectivity index (χ0) is 20.1. The minimum Gasteiger partial charge on any atom is -0.332 e. The molecule has 3 rings (SSSR count). The topological polar surface area (TPSA) is 71.2 Å². The smallest absolute Gasteiger partial charge is 0.219 e. The first-order chi connectivity index (χ1) is 13.4. The first-order valence-corrected chi connectivity index (χ1v) is 9.84. The van der Waals surface area contributed by atoms with E-state index in [0.717, 1.165) is 38.3 Å². The summed E-state index contributed by atoms with van der Waals surface area (Å²) >= 11 is 0. The molecule has 150 valence electrons. The van der Waals surface area contributed by atoms with Crippen LogP contribution in [0.15, 0.2) is 29.3 Å². The predicted octanol–water partition coefficient (Wildman–Crippen LogP) is 0.275. The number of ketones is 2. The molecule has 7 heteroatoms. The standard InChI is InChI=1S/C21H26FN3O3/c1-15(26)25-10-8-24(9-11-25)7-6-23-14-19-20(27)12-17(13-21(19)28)16-2-4-18(22)5-3-16/h2-5,14,17,19H,6-13H2,1H3/p+1. The maximum atomic E-state index is 13.1. The number of carbonyl (C=O) groups excluding carboxylic acids is 3. The molecule has 1 heterocycles. The molecule has 0 radical (unpaired) electrons. The van der Waals surface area contributed by atoms with Gasteiger partial charge in [-0.05, 0) is 23.6 Å². The second-order valence-electron chi connectivity index (χ2n) is 7.63. The van der Waals surface area contributed by atoms with E-state index in [9.17, 15) is 18.8 Å². The fraction of sp³-hybridized carbons (Fsp3) is 0.524. The van der Waals surface area contributed by atoms with E-state index >= 15 is 0 Å². The number of aliphatic imine (C=N–C) groups is 1. The fourth-order valence-corrected chi connectivity index (χ4v) is 3.92. The van der Waals surface area contributed by atoms with Crippen molar-refractivity contribution in [3.63, 3.8) is 0 Å². The molecular formula is C21H27FN3O3+. The number of nitrogens with zero attached hydrogens (tertiary/aromatic N) is 2. The lowest BCUT2D eigenvalue weighted by molar-refractivity contribution is -0.902. The Balaban J connectivity index is 1.46. The third-order valence-electron chi connectivity index (χ3n) is 5.70. The number of amides is 1. The van der Waals surface area contributed by atoms with Crippen molar-refractivity contribution in [2.75, 3.05) is 39.3 Å². The number of rotatable bonds is 5. The minimum atomic E-state index is -0.749. The maximum absolute atomic E-state index is 13.1. The molecular weight excluding hydrogens is 361 g/mol. The van der Waals surface area contributed by atoms with Crippen LogP contribution >= 0.6 is 0 Å². The molecule has 0 bridgehead atoms. The van der Waals surface area contributed by atoms with Crippen LogP contribution in [0.4, 0.5) is 4.39 Å². The molecule has 1 aliphatic carbocycles. The summed E-state index contributed by atoms with van der Waals surface area (Å²) in [5.41, 5.74) is 0.826. The lowest BCUT2D eigenvalue weighted by Gasteiger charge is -2.31. The zero-order valence-corrected chi connectivity index (χ0v) is 16.2. The van der Waals surface area contributed by atoms with E-state index in [1.165, 1.54) is 23.2 Å². The van der Waals surface area contributed by atoms with Crippen LogP contribution in [0.1, 0.15) is 31.2 Å². The summed E-state index contributed by atoms with van der Waals surface area (Å²) in [6.45, 7) is 6.31. The summed E-state index contributed by atoms with van der Waals surface area (Å²) in [6.07, 6.45) is 2.08. The predicted molar refractivity (Wildman–Crippen MR) is 103 cm³/mol. The van der Waals surface area contributed by atoms with Gasteiger partial charge in [0.25, 0.3) is 0 Å². The maximum Gasteiger partial charge on any atom is 0.219 e. The van der Waals surface area contributed by atoms with Crippen molar-refractivity contribution in [1.82, 2.24) is 4.90 Å². The Labute approximate surface area is 164 Å². The lowest BCUT2D eigenvalue weighted by atomic mass is 9.77. The molecule has 6 nitrogen and oxygen atoms in total. The van der Waals surface area contributed by atoms with Crippen LogP contribution in [-0.4, -0.2) is 67.9 Å². The number of quaternary nitrogens is 1. The number of carbonyl (C=O) groups is 3. The molecule has 1 saturated heterocycles. The Morgan fingerprint density at radius 2 is 1.79 bits per heavy atom. The van der Waals surface area contributed by atoms with Gasteiger partial charge >= 0.3 is 0 Å². The number of hydrogen-bond acceptors (Lipinski definition) is 4. The van der Waals surface area contributed by atoms with Crippen LogP contribution in [0.2, 0.25) is 0 Å². The number of hydrogen-bond donors (Lipinski definition) is 1. The minimum absolute atomic E-state index is 0.114. The molecule has 2 aliphatic rings. The van der Waals surface area contributed by atoms with Gasteiger partial charge in [-0.15, -0.1) is 0 Å². The van der Waals surface area contributed by atoms with E-state index in [4.69, 9.17) is 0 Å². The number of piperazine rings is 1. The van der Waals surface area contributed by atoms with Gasteiger partial charge in [-0.2, -0.15) is 0 Å². The van der Waals surface area contributed by atoms with Gasteiger partial charge in [0.05, 0.1) is 39.3 Å². The highest BCUT2D eigenvalue weighted by Gasteiger charge is 2.35. The Bertz CT molecular complexity index is 737. The Hall–Kier alpha value is -2.41. The van der Waals surface area contributed by atoms with Gasteiger partial charge in [0.2, 0.25) is 5.91 Å². The quantitative estimate of drug-likeness (QED) is 0.582. The molecule has 0 aromatic heterocycles. The van der Waals surface area contributed by atoms with Gasteiger partial charge in [0.1, 0.15) is 23.3 Å². The first-order valence-electron chi connectivity index (χ1n) is 9.84. The lowest BCUT2D eigenvalue weighted by Crippen LogP contribution is -3.15. The highest BCUT2D eigenvalue weighted by molar-refractivity contribution is 6.16. The zero-order valence-electron chi connectivity index (χ0n) is 16.2. The summed E-state index contributed by atoms with van der Waals surface area (Å²) in [5, 5.41) is 0. The van der Waals surface area contributed by atoms with E-state index in [1.54, 1.807) is 19.1 Å². The molecule has 0 atom stereocenters. The van der Waals surface area contributed by atoms with Gasteiger partial charge in [-0.25, -0.2) is 4.39 Å². The fourth-order valence-electron chi connectivity index (χ4n) is 3.92. The van der Waals surface area contributed by atoms with Crippen molar-refractivity contribution < 1.29 is 23.7 Å². The van der Waals surface area contributed by atoms with E-state index in [0.29, 0.717) is 6.54 Å². The largest absolute Gasteiger partial charge is 0.332 e. The number of benzene rings is 1. The molecule has 0 spiro atoms. The van der Waals surface area contributed by atoms with E-state index in [2.05, 4.69) is 4.99 Å². The highest BCUT2D eigenvalue weighted by Crippen LogP contribution is 2.31. The summed E-state index contributed by atoms with van der Waals surface area (Å²) in [4.78, 5) is 43.8. The summed E-state index contributed by atoms with van der Waals surface area (Å²) < 4.78 is 13.1.